The van der Waals surface area contributed by atoms with Crippen molar-refractivity contribution in [2.24, 2.45) is 5.92 Å². The third-order valence-corrected chi connectivity index (χ3v) is 3.33. The van der Waals surface area contributed by atoms with Crippen molar-refractivity contribution in [1.82, 2.24) is 0 Å². The Balaban J connectivity index is 0.000000383. The molecule has 0 saturated heterocycles. The van der Waals surface area contributed by atoms with Gasteiger partial charge < -0.3 is 4.74 Å². The monoisotopic (exact) mass is 284 g/mol. The average molecular weight is 284 g/mol. The van der Waals surface area contributed by atoms with E-state index in [4.69, 9.17) is 4.74 Å². The van der Waals surface area contributed by atoms with Crippen LogP contribution in [0.25, 0.3) is 0 Å². The maximum atomic E-state index is 5.70. The Morgan fingerprint density at radius 1 is 0.905 bits per heavy atom. The summed E-state index contributed by atoms with van der Waals surface area (Å²) in [5, 5.41) is 0. The van der Waals surface area contributed by atoms with Crippen LogP contribution in [0.2, 0.25) is 0 Å². The molecule has 0 atom stereocenters. The predicted molar refractivity (Wildman–Crippen MR) is 91.8 cm³/mol. The van der Waals surface area contributed by atoms with Crippen LogP contribution >= 0.6 is 0 Å². The molecule has 0 N–H and O–H groups in total. The topological polar surface area (TPSA) is 9.23 Å². The van der Waals surface area contributed by atoms with E-state index >= 15 is 0 Å². The largest absolute Gasteiger partial charge is 0.489 e. The van der Waals surface area contributed by atoms with Gasteiger partial charge in [-0.2, -0.15) is 0 Å². The van der Waals surface area contributed by atoms with E-state index in [0.717, 1.165) is 11.7 Å². The summed E-state index contributed by atoms with van der Waals surface area (Å²) in [6, 6.07) is 16.5. The molecule has 2 aromatic rings. The van der Waals surface area contributed by atoms with Gasteiger partial charge in [-0.15, -0.1) is 0 Å². The second kappa shape index (κ2) is 9.23. The van der Waals surface area contributed by atoms with Gasteiger partial charge >= 0.3 is 0 Å². The van der Waals surface area contributed by atoms with Crippen LogP contribution in [0, 0.1) is 19.8 Å². The van der Waals surface area contributed by atoms with E-state index in [0.29, 0.717) is 6.61 Å². The van der Waals surface area contributed by atoms with E-state index in [1.165, 1.54) is 23.1 Å². The van der Waals surface area contributed by atoms with Crippen molar-refractivity contribution in [3.8, 4) is 5.75 Å². The van der Waals surface area contributed by atoms with E-state index < -0.39 is 0 Å². The summed E-state index contributed by atoms with van der Waals surface area (Å²) in [6.07, 6.45) is 1.31. The van der Waals surface area contributed by atoms with E-state index in [-0.39, 0.29) is 0 Å². The molecule has 0 radical (unpaired) electrons. The first-order valence-electron chi connectivity index (χ1n) is 7.76. The van der Waals surface area contributed by atoms with Crippen molar-refractivity contribution in [1.29, 1.82) is 0 Å². The number of hydrogen-bond donors (Lipinski definition) is 0. The molecule has 1 heteroatoms. The van der Waals surface area contributed by atoms with Crippen LogP contribution < -0.4 is 4.74 Å². The van der Waals surface area contributed by atoms with Crippen molar-refractivity contribution < 1.29 is 4.74 Å². The standard InChI is InChI=1S/C15H16O.C5H12/c1-12-6-8-15(9-7-12)16-11-14-5-3-4-13(2)10-14;1-4-5(2)3/h3-10H,11H2,1-2H3;5H,4H2,1-3H3. The lowest BCUT2D eigenvalue weighted by atomic mass is 10.1. The molecule has 0 heterocycles. The van der Waals surface area contributed by atoms with Crippen LogP contribution in [0.1, 0.15) is 43.9 Å². The third-order valence-electron chi connectivity index (χ3n) is 3.33. The van der Waals surface area contributed by atoms with Crippen LogP contribution in [0.3, 0.4) is 0 Å². The molecule has 0 aliphatic carbocycles. The van der Waals surface area contributed by atoms with E-state index in [1.54, 1.807) is 0 Å². The van der Waals surface area contributed by atoms with Crippen molar-refractivity contribution in [3.63, 3.8) is 0 Å². The second-order valence-electron chi connectivity index (χ2n) is 5.89. The summed E-state index contributed by atoms with van der Waals surface area (Å²) in [5.74, 6) is 1.81. The molecule has 2 rings (SSSR count). The summed E-state index contributed by atoms with van der Waals surface area (Å²) >= 11 is 0. The van der Waals surface area contributed by atoms with Crippen LogP contribution in [0.4, 0.5) is 0 Å². The van der Waals surface area contributed by atoms with Gasteiger partial charge in [-0.1, -0.05) is 74.7 Å². The summed E-state index contributed by atoms with van der Waals surface area (Å²) in [5.41, 5.74) is 3.73. The molecule has 0 fully saturated rings. The molecule has 0 aliphatic rings. The lowest BCUT2D eigenvalue weighted by Crippen LogP contribution is -1.95. The quantitative estimate of drug-likeness (QED) is 0.675. The highest BCUT2D eigenvalue weighted by Crippen LogP contribution is 2.14. The first-order valence-corrected chi connectivity index (χ1v) is 7.76. The smallest absolute Gasteiger partial charge is 0.119 e. The zero-order valence-corrected chi connectivity index (χ0v) is 14.0. The van der Waals surface area contributed by atoms with E-state index in [9.17, 15) is 0 Å². The molecule has 114 valence electrons. The van der Waals surface area contributed by atoms with Crippen molar-refractivity contribution >= 4 is 0 Å². The molecule has 0 spiro atoms. The van der Waals surface area contributed by atoms with E-state index in [2.05, 4.69) is 71.0 Å². The molecule has 21 heavy (non-hydrogen) atoms. The van der Waals surface area contributed by atoms with Gasteiger partial charge in [0, 0.05) is 0 Å². The number of aryl methyl sites for hydroxylation is 2. The Morgan fingerprint density at radius 2 is 1.52 bits per heavy atom. The zero-order valence-electron chi connectivity index (χ0n) is 14.0. The number of ether oxygens (including phenoxy) is 1. The van der Waals surface area contributed by atoms with Gasteiger partial charge in [-0.05, 0) is 37.5 Å². The summed E-state index contributed by atoms with van der Waals surface area (Å²) in [7, 11) is 0. The molecule has 0 aromatic heterocycles. The fourth-order valence-corrected chi connectivity index (χ4v) is 1.60. The van der Waals surface area contributed by atoms with Gasteiger partial charge in [0.15, 0.2) is 0 Å². The van der Waals surface area contributed by atoms with Crippen molar-refractivity contribution in [2.75, 3.05) is 0 Å². The Labute approximate surface area is 130 Å². The number of benzene rings is 2. The third kappa shape index (κ3) is 7.55. The minimum absolute atomic E-state index is 0.630. The molecule has 2 aromatic carbocycles. The van der Waals surface area contributed by atoms with Gasteiger partial charge in [-0.3, -0.25) is 0 Å². The molecular formula is C20H28O. The van der Waals surface area contributed by atoms with Gasteiger partial charge in [0.25, 0.3) is 0 Å². The Kier molecular flexibility index (Phi) is 7.60. The molecule has 0 unspecified atom stereocenters. The highest BCUT2D eigenvalue weighted by molar-refractivity contribution is 5.27. The first-order chi connectivity index (χ1) is 10.0. The van der Waals surface area contributed by atoms with Crippen LogP contribution in [0.15, 0.2) is 48.5 Å². The Bertz CT molecular complexity index is 512. The minimum atomic E-state index is 0.630. The highest BCUT2D eigenvalue weighted by Gasteiger charge is 1.96. The zero-order chi connectivity index (χ0) is 15.7. The highest BCUT2D eigenvalue weighted by atomic mass is 16.5. The van der Waals surface area contributed by atoms with Crippen LogP contribution in [-0.2, 0) is 6.61 Å². The fourth-order valence-electron chi connectivity index (χ4n) is 1.60. The van der Waals surface area contributed by atoms with Crippen molar-refractivity contribution in [2.45, 2.75) is 47.6 Å². The van der Waals surface area contributed by atoms with Gasteiger partial charge in [0.2, 0.25) is 0 Å². The average Bonchev–Trinajstić information content (AvgIpc) is 2.47. The number of hydrogen-bond acceptors (Lipinski definition) is 1. The molecule has 0 aliphatic heterocycles. The summed E-state index contributed by atoms with van der Waals surface area (Å²) in [6.45, 7) is 11.4. The first kappa shape index (κ1) is 17.3. The lowest BCUT2D eigenvalue weighted by molar-refractivity contribution is 0.306. The minimum Gasteiger partial charge on any atom is -0.489 e. The van der Waals surface area contributed by atoms with Gasteiger partial charge in [-0.25, -0.2) is 0 Å². The summed E-state index contributed by atoms with van der Waals surface area (Å²) < 4.78 is 5.70. The predicted octanol–water partition coefficient (Wildman–Crippen LogP) is 5.93. The molecule has 0 bridgehead atoms. The molecule has 1 nitrogen and oxygen atoms in total. The van der Waals surface area contributed by atoms with E-state index in [1.807, 2.05) is 12.1 Å². The van der Waals surface area contributed by atoms with Gasteiger partial charge in [0.05, 0.1) is 0 Å². The fraction of sp³-hybridized carbons (Fsp3) is 0.400. The molecule has 0 amide bonds. The SMILES string of the molecule is CCC(C)C.Cc1ccc(OCc2cccc(C)c2)cc1. The number of rotatable bonds is 4. The molecular weight excluding hydrogens is 256 g/mol. The van der Waals surface area contributed by atoms with Crippen LogP contribution in [-0.4, -0.2) is 0 Å². The Morgan fingerprint density at radius 3 is 2.05 bits per heavy atom. The lowest BCUT2D eigenvalue weighted by Gasteiger charge is -2.07. The Hall–Kier alpha value is -1.76. The maximum absolute atomic E-state index is 5.70. The molecule has 0 saturated carbocycles. The normalized spacial score (nSPS) is 10.0. The van der Waals surface area contributed by atoms with Gasteiger partial charge in [0.1, 0.15) is 12.4 Å². The van der Waals surface area contributed by atoms with Crippen molar-refractivity contribution in [3.05, 3.63) is 65.2 Å². The van der Waals surface area contributed by atoms with Crippen LogP contribution in [0.5, 0.6) is 5.75 Å². The second-order valence-corrected chi connectivity index (χ2v) is 5.89. The maximum Gasteiger partial charge on any atom is 0.119 e. The summed E-state index contributed by atoms with van der Waals surface area (Å²) in [4.78, 5) is 0.